The highest BCUT2D eigenvalue weighted by Crippen LogP contribution is 2.29. The quantitative estimate of drug-likeness (QED) is 0.635. The van der Waals surface area contributed by atoms with Crippen molar-refractivity contribution >= 4 is 16.8 Å². The summed E-state index contributed by atoms with van der Waals surface area (Å²) in [4.78, 5) is 32.8. The van der Waals surface area contributed by atoms with Gasteiger partial charge in [0.05, 0.1) is 29.3 Å². The van der Waals surface area contributed by atoms with Crippen LogP contribution in [-0.2, 0) is 24.1 Å². The van der Waals surface area contributed by atoms with Crippen molar-refractivity contribution < 1.29 is 14.3 Å². The van der Waals surface area contributed by atoms with Crippen LogP contribution in [0.3, 0.4) is 0 Å². The number of pyridine rings is 2. The van der Waals surface area contributed by atoms with Crippen LogP contribution in [0.4, 0.5) is 0 Å². The second-order valence-corrected chi connectivity index (χ2v) is 8.94. The maximum absolute atomic E-state index is 13.4. The minimum absolute atomic E-state index is 0.00404. The molecule has 3 aromatic rings. The summed E-state index contributed by atoms with van der Waals surface area (Å²) >= 11 is 0. The van der Waals surface area contributed by atoms with Crippen LogP contribution < -0.4 is 10.2 Å². The number of benzene rings is 1. The fraction of sp³-hybridized carbons (Fsp3) is 0.400. The lowest BCUT2D eigenvalue weighted by atomic mass is 9.98. The standard InChI is InChI=1S/C25H25N3O4/c1-2-27-14-21(25(30)28-12-18-9-19(13-28)31-18)24(29)20-10-23(26-11-22(20)27)32-17-7-15-5-3-4-6-16(15)8-17/h3-6,10-11,14,17-19H,2,7-9,12-13H2,1H3. The van der Waals surface area contributed by atoms with E-state index in [1.165, 1.54) is 11.1 Å². The van der Waals surface area contributed by atoms with Gasteiger partial charge in [-0.1, -0.05) is 24.3 Å². The van der Waals surface area contributed by atoms with Crippen LogP contribution in [-0.4, -0.2) is 51.8 Å². The lowest BCUT2D eigenvalue weighted by Crippen LogP contribution is -2.59. The Kier molecular flexibility index (Phi) is 4.54. The summed E-state index contributed by atoms with van der Waals surface area (Å²) in [6.45, 7) is 3.71. The van der Waals surface area contributed by atoms with E-state index in [0.717, 1.165) is 19.3 Å². The van der Waals surface area contributed by atoms with Gasteiger partial charge in [-0.2, -0.15) is 0 Å². The van der Waals surface area contributed by atoms with Gasteiger partial charge in [0, 0.05) is 51.2 Å². The average molecular weight is 431 g/mol. The molecular formula is C25H25N3O4. The molecular weight excluding hydrogens is 406 g/mol. The molecule has 1 aromatic carbocycles. The fourth-order valence-corrected chi connectivity index (χ4v) is 5.21. The zero-order valence-electron chi connectivity index (χ0n) is 18.0. The molecule has 7 rings (SSSR count). The lowest BCUT2D eigenvalue weighted by Gasteiger charge is -2.46. The van der Waals surface area contributed by atoms with Gasteiger partial charge in [0.25, 0.3) is 5.91 Å². The van der Waals surface area contributed by atoms with Crippen LogP contribution >= 0.6 is 0 Å². The van der Waals surface area contributed by atoms with E-state index in [2.05, 4.69) is 17.1 Å². The van der Waals surface area contributed by atoms with Gasteiger partial charge >= 0.3 is 0 Å². The summed E-state index contributed by atoms with van der Waals surface area (Å²) in [5.74, 6) is 0.204. The molecule has 2 unspecified atom stereocenters. The summed E-state index contributed by atoms with van der Waals surface area (Å²) in [5, 5.41) is 0.469. The predicted octanol–water partition coefficient (Wildman–Crippen LogP) is 2.58. The minimum Gasteiger partial charge on any atom is -0.474 e. The molecule has 2 atom stereocenters. The van der Waals surface area contributed by atoms with E-state index in [4.69, 9.17) is 9.47 Å². The molecule has 0 N–H and O–H groups in total. The first-order valence-corrected chi connectivity index (χ1v) is 11.3. The van der Waals surface area contributed by atoms with Crippen molar-refractivity contribution in [3.63, 3.8) is 0 Å². The van der Waals surface area contributed by atoms with Crippen LogP contribution in [0.5, 0.6) is 5.88 Å². The number of rotatable bonds is 4. The molecule has 3 aliphatic heterocycles. The van der Waals surface area contributed by atoms with E-state index in [-0.39, 0.29) is 35.2 Å². The number of piperidine rings is 1. The number of amides is 1. The number of fused-ring (bicyclic) bond motifs is 4. The van der Waals surface area contributed by atoms with Crippen LogP contribution in [0.1, 0.15) is 34.8 Å². The van der Waals surface area contributed by atoms with Crippen molar-refractivity contribution in [2.75, 3.05) is 13.1 Å². The molecule has 0 radical (unpaired) electrons. The Morgan fingerprint density at radius 1 is 1.19 bits per heavy atom. The number of nitrogens with zero attached hydrogens (tertiary/aromatic N) is 3. The fourth-order valence-electron chi connectivity index (χ4n) is 5.21. The lowest BCUT2D eigenvalue weighted by molar-refractivity contribution is -0.171. The van der Waals surface area contributed by atoms with Gasteiger partial charge < -0.3 is 18.9 Å². The Labute approximate surface area is 185 Å². The topological polar surface area (TPSA) is 73.7 Å². The maximum Gasteiger partial charge on any atom is 0.259 e. The number of aromatic nitrogens is 2. The van der Waals surface area contributed by atoms with Crippen molar-refractivity contribution in [2.45, 2.75) is 51.0 Å². The Morgan fingerprint density at radius 2 is 1.88 bits per heavy atom. The summed E-state index contributed by atoms with van der Waals surface area (Å²) in [6.07, 6.45) is 6.20. The molecule has 4 aliphatic rings. The largest absolute Gasteiger partial charge is 0.474 e. The van der Waals surface area contributed by atoms with Crippen LogP contribution in [0.2, 0.25) is 0 Å². The van der Waals surface area contributed by atoms with Crippen molar-refractivity contribution in [1.29, 1.82) is 0 Å². The predicted molar refractivity (Wildman–Crippen MR) is 119 cm³/mol. The first kappa shape index (κ1) is 19.5. The maximum atomic E-state index is 13.4. The third-order valence-electron chi connectivity index (χ3n) is 6.86. The molecule has 1 amide bonds. The van der Waals surface area contributed by atoms with Gasteiger partial charge in [-0.3, -0.25) is 9.59 Å². The molecule has 2 bridgehead atoms. The normalized spacial score (nSPS) is 22.0. The highest BCUT2D eigenvalue weighted by molar-refractivity contribution is 5.97. The van der Waals surface area contributed by atoms with E-state index in [1.807, 2.05) is 23.6 Å². The molecule has 2 aromatic heterocycles. The molecule has 3 fully saturated rings. The first-order valence-electron chi connectivity index (χ1n) is 11.3. The first-order chi connectivity index (χ1) is 15.6. The van der Waals surface area contributed by atoms with Gasteiger partial charge in [0.15, 0.2) is 0 Å². The van der Waals surface area contributed by atoms with Gasteiger partial charge in [-0.15, -0.1) is 0 Å². The van der Waals surface area contributed by atoms with E-state index in [1.54, 1.807) is 23.4 Å². The number of aryl methyl sites for hydroxylation is 1. The molecule has 3 saturated heterocycles. The average Bonchev–Trinajstić information content (AvgIpc) is 3.21. The van der Waals surface area contributed by atoms with Crippen molar-refractivity contribution in [2.24, 2.45) is 0 Å². The Balaban J connectivity index is 1.32. The molecule has 5 heterocycles. The number of morpholine rings is 1. The molecule has 0 spiro atoms. The molecule has 164 valence electrons. The molecule has 0 saturated carbocycles. The monoisotopic (exact) mass is 431 g/mol. The number of carbonyl (C=O) groups excluding carboxylic acids is 1. The van der Waals surface area contributed by atoms with Crippen LogP contribution in [0, 0.1) is 0 Å². The van der Waals surface area contributed by atoms with Crippen molar-refractivity contribution in [3.8, 4) is 5.88 Å². The van der Waals surface area contributed by atoms with Crippen LogP contribution in [0.15, 0.2) is 47.5 Å². The van der Waals surface area contributed by atoms with Crippen molar-refractivity contribution in [1.82, 2.24) is 14.5 Å². The highest BCUT2D eigenvalue weighted by atomic mass is 16.5. The van der Waals surface area contributed by atoms with Gasteiger partial charge in [-0.05, 0) is 18.1 Å². The van der Waals surface area contributed by atoms with Gasteiger partial charge in [0.1, 0.15) is 11.7 Å². The van der Waals surface area contributed by atoms with Gasteiger partial charge in [0.2, 0.25) is 11.3 Å². The zero-order chi connectivity index (χ0) is 21.8. The zero-order valence-corrected chi connectivity index (χ0v) is 18.0. The molecule has 7 nitrogen and oxygen atoms in total. The molecule has 7 heteroatoms. The van der Waals surface area contributed by atoms with Crippen LogP contribution in [0.25, 0.3) is 10.9 Å². The van der Waals surface area contributed by atoms with E-state index in [0.29, 0.717) is 36.4 Å². The van der Waals surface area contributed by atoms with Crippen molar-refractivity contribution in [3.05, 3.63) is 69.6 Å². The Morgan fingerprint density at radius 3 is 2.53 bits per heavy atom. The third-order valence-corrected chi connectivity index (χ3v) is 6.86. The summed E-state index contributed by atoms with van der Waals surface area (Å²) in [7, 11) is 0. The van der Waals surface area contributed by atoms with E-state index < -0.39 is 0 Å². The third kappa shape index (κ3) is 3.19. The molecule has 1 aliphatic carbocycles. The van der Waals surface area contributed by atoms with E-state index >= 15 is 0 Å². The smallest absolute Gasteiger partial charge is 0.259 e. The SMILES string of the molecule is CCn1cc(C(=O)N2CC3CC(C2)O3)c(=O)c2cc(OC3Cc4ccccc4C3)ncc21. The second-order valence-electron chi connectivity index (χ2n) is 8.94. The summed E-state index contributed by atoms with van der Waals surface area (Å²) < 4.78 is 13.7. The number of ether oxygens (including phenoxy) is 2. The second kappa shape index (κ2) is 7.45. The number of carbonyl (C=O) groups is 1. The van der Waals surface area contributed by atoms with E-state index in [9.17, 15) is 9.59 Å². The van der Waals surface area contributed by atoms with Gasteiger partial charge in [-0.25, -0.2) is 4.98 Å². The molecule has 32 heavy (non-hydrogen) atoms. The summed E-state index contributed by atoms with van der Waals surface area (Å²) in [6, 6.07) is 10.0. The Hall–Kier alpha value is -3.19. The Bertz CT molecular complexity index is 1240. The summed E-state index contributed by atoms with van der Waals surface area (Å²) in [5.41, 5.74) is 3.23. The highest BCUT2D eigenvalue weighted by Gasteiger charge is 2.40. The number of hydrogen-bond donors (Lipinski definition) is 0. The number of hydrogen-bond acceptors (Lipinski definition) is 5. The minimum atomic E-state index is -0.267.